The van der Waals surface area contributed by atoms with Crippen LogP contribution in [0.4, 0.5) is 0 Å². The van der Waals surface area contributed by atoms with Crippen LogP contribution < -0.4 is 10.5 Å². The zero-order valence-electron chi connectivity index (χ0n) is 16.5. The Hall–Kier alpha value is -2.41. The summed E-state index contributed by atoms with van der Waals surface area (Å²) in [4.78, 5) is 6.60. The van der Waals surface area contributed by atoms with E-state index in [1.165, 1.54) is 11.1 Å². The van der Waals surface area contributed by atoms with Crippen LogP contribution in [0.5, 0.6) is 5.75 Å². The molecule has 0 saturated heterocycles. The van der Waals surface area contributed by atoms with Gasteiger partial charge in [0, 0.05) is 6.04 Å². The Kier molecular flexibility index (Phi) is 7.99. The third kappa shape index (κ3) is 5.10. The van der Waals surface area contributed by atoms with E-state index in [9.17, 15) is 0 Å². The van der Waals surface area contributed by atoms with Crippen molar-refractivity contribution in [3.8, 4) is 16.9 Å². The first-order valence-electron chi connectivity index (χ1n) is 9.14. The molecule has 0 fully saturated rings. The Labute approximate surface area is 172 Å². The minimum absolute atomic E-state index is 0. The Balaban J connectivity index is 0.00000280. The Bertz CT molecular complexity index is 867. The summed E-state index contributed by atoms with van der Waals surface area (Å²) in [5.41, 5.74) is 9.09. The SMILES string of the molecule is CCN(Cc1noc(CN)n1)C(C)c1ccc(-c2cccc(OC)c2)cc1.Cl. The van der Waals surface area contributed by atoms with Crippen molar-refractivity contribution < 1.29 is 9.26 Å². The van der Waals surface area contributed by atoms with E-state index in [0.29, 0.717) is 18.3 Å². The molecule has 6 nitrogen and oxygen atoms in total. The molecule has 0 saturated carbocycles. The van der Waals surface area contributed by atoms with Crippen LogP contribution in [0, 0.1) is 0 Å². The lowest BCUT2D eigenvalue weighted by atomic mass is 10.0. The van der Waals surface area contributed by atoms with Gasteiger partial charge in [-0.1, -0.05) is 48.5 Å². The molecule has 0 spiro atoms. The minimum Gasteiger partial charge on any atom is -0.497 e. The van der Waals surface area contributed by atoms with E-state index in [1.54, 1.807) is 7.11 Å². The van der Waals surface area contributed by atoms with Gasteiger partial charge >= 0.3 is 0 Å². The second kappa shape index (κ2) is 10.2. The highest BCUT2D eigenvalue weighted by Gasteiger charge is 2.17. The fraction of sp³-hybridized carbons (Fsp3) is 0.333. The van der Waals surface area contributed by atoms with E-state index < -0.39 is 0 Å². The molecule has 2 N–H and O–H groups in total. The maximum atomic E-state index is 5.54. The maximum Gasteiger partial charge on any atom is 0.240 e. The highest BCUT2D eigenvalue weighted by Crippen LogP contribution is 2.27. The van der Waals surface area contributed by atoms with Crippen LogP contribution in [0.15, 0.2) is 53.1 Å². The third-order valence-electron chi connectivity index (χ3n) is 4.78. The number of nitrogens with zero attached hydrogens (tertiary/aromatic N) is 3. The second-order valence-electron chi connectivity index (χ2n) is 6.40. The summed E-state index contributed by atoms with van der Waals surface area (Å²) in [7, 11) is 1.68. The van der Waals surface area contributed by atoms with E-state index in [0.717, 1.165) is 17.9 Å². The van der Waals surface area contributed by atoms with Crippen molar-refractivity contribution in [2.24, 2.45) is 5.73 Å². The summed E-state index contributed by atoms with van der Waals surface area (Å²) in [6.07, 6.45) is 0. The number of hydrogen-bond donors (Lipinski definition) is 1. The van der Waals surface area contributed by atoms with Crippen molar-refractivity contribution in [3.63, 3.8) is 0 Å². The van der Waals surface area contributed by atoms with Crippen LogP contribution in [-0.4, -0.2) is 28.7 Å². The molecule has 28 heavy (non-hydrogen) atoms. The maximum absolute atomic E-state index is 5.54. The fourth-order valence-corrected chi connectivity index (χ4v) is 3.11. The molecule has 1 atom stereocenters. The van der Waals surface area contributed by atoms with E-state index in [4.69, 9.17) is 15.0 Å². The van der Waals surface area contributed by atoms with Crippen LogP contribution >= 0.6 is 12.4 Å². The predicted molar refractivity (Wildman–Crippen MR) is 112 cm³/mol. The molecule has 1 heterocycles. The highest BCUT2D eigenvalue weighted by atomic mass is 35.5. The van der Waals surface area contributed by atoms with Gasteiger partial charge in [-0.3, -0.25) is 4.90 Å². The summed E-state index contributed by atoms with van der Waals surface area (Å²) in [5, 5.41) is 4.00. The van der Waals surface area contributed by atoms with Gasteiger partial charge in [0.15, 0.2) is 5.82 Å². The molecule has 3 aromatic rings. The van der Waals surface area contributed by atoms with Gasteiger partial charge in [0.05, 0.1) is 20.2 Å². The van der Waals surface area contributed by atoms with Crippen molar-refractivity contribution in [3.05, 3.63) is 65.8 Å². The molecule has 0 bridgehead atoms. The largest absolute Gasteiger partial charge is 0.497 e. The first-order chi connectivity index (χ1) is 13.1. The number of aromatic nitrogens is 2. The van der Waals surface area contributed by atoms with Crippen molar-refractivity contribution in [1.82, 2.24) is 15.0 Å². The van der Waals surface area contributed by atoms with E-state index in [2.05, 4.69) is 59.2 Å². The molecule has 1 unspecified atom stereocenters. The van der Waals surface area contributed by atoms with Gasteiger partial charge in [0.25, 0.3) is 0 Å². The topological polar surface area (TPSA) is 77.4 Å². The van der Waals surface area contributed by atoms with Gasteiger partial charge in [0.2, 0.25) is 5.89 Å². The Morgan fingerprint density at radius 1 is 1.14 bits per heavy atom. The van der Waals surface area contributed by atoms with Crippen LogP contribution in [0.2, 0.25) is 0 Å². The van der Waals surface area contributed by atoms with Crippen molar-refractivity contribution in [2.75, 3.05) is 13.7 Å². The predicted octanol–water partition coefficient (Wildman–Crippen LogP) is 4.21. The molecule has 150 valence electrons. The average molecular weight is 403 g/mol. The van der Waals surface area contributed by atoms with Gasteiger partial charge in [0.1, 0.15) is 5.75 Å². The van der Waals surface area contributed by atoms with Gasteiger partial charge in [-0.05, 0) is 42.3 Å². The Morgan fingerprint density at radius 2 is 1.89 bits per heavy atom. The van der Waals surface area contributed by atoms with Crippen LogP contribution in [-0.2, 0) is 13.1 Å². The lowest BCUT2D eigenvalue weighted by Crippen LogP contribution is -2.27. The quantitative estimate of drug-likeness (QED) is 0.608. The third-order valence-corrected chi connectivity index (χ3v) is 4.78. The molecular weight excluding hydrogens is 376 g/mol. The lowest BCUT2D eigenvalue weighted by Gasteiger charge is -2.27. The zero-order valence-corrected chi connectivity index (χ0v) is 17.3. The normalized spacial score (nSPS) is 11.9. The van der Waals surface area contributed by atoms with Crippen LogP contribution in [0.1, 0.15) is 37.2 Å². The number of methoxy groups -OCH3 is 1. The highest BCUT2D eigenvalue weighted by molar-refractivity contribution is 5.85. The summed E-state index contributed by atoms with van der Waals surface area (Å²) >= 11 is 0. The van der Waals surface area contributed by atoms with Crippen LogP contribution in [0.25, 0.3) is 11.1 Å². The van der Waals surface area contributed by atoms with E-state index in [1.807, 2.05) is 18.2 Å². The van der Waals surface area contributed by atoms with Gasteiger partial charge in [-0.25, -0.2) is 0 Å². The van der Waals surface area contributed by atoms with Gasteiger partial charge in [-0.15, -0.1) is 12.4 Å². The van der Waals surface area contributed by atoms with Crippen molar-refractivity contribution in [1.29, 1.82) is 0 Å². The van der Waals surface area contributed by atoms with E-state index in [-0.39, 0.29) is 25.0 Å². The summed E-state index contributed by atoms with van der Waals surface area (Å²) in [6, 6.07) is 17.0. The smallest absolute Gasteiger partial charge is 0.240 e. The molecule has 0 radical (unpaired) electrons. The number of benzene rings is 2. The van der Waals surface area contributed by atoms with Crippen LogP contribution in [0.3, 0.4) is 0 Å². The first kappa shape index (κ1) is 21.9. The molecule has 0 amide bonds. The number of rotatable bonds is 8. The average Bonchev–Trinajstić information content (AvgIpc) is 3.19. The molecule has 0 aliphatic heterocycles. The molecule has 0 aliphatic rings. The zero-order chi connectivity index (χ0) is 19.2. The summed E-state index contributed by atoms with van der Waals surface area (Å²) in [5.74, 6) is 1.99. The fourth-order valence-electron chi connectivity index (χ4n) is 3.11. The number of halogens is 1. The monoisotopic (exact) mass is 402 g/mol. The molecule has 7 heteroatoms. The standard InChI is InChI=1S/C21H26N4O2.ClH/c1-4-25(14-20-23-21(13-22)27-24-20)15(2)16-8-10-17(11-9-16)18-6-5-7-19(12-18)26-3;/h5-12,15H,4,13-14,22H2,1-3H3;1H. The first-order valence-corrected chi connectivity index (χ1v) is 9.14. The molecule has 0 aliphatic carbocycles. The molecule has 1 aromatic heterocycles. The van der Waals surface area contributed by atoms with E-state index >= 15 is 0 Å². The molecule has 3 rings (SSSR count). The van der Waals surface area contributed by atoms with Gasteiger partial charge < -0.3 is 15.0 Å². The molecule has 2 aromatic carbocycles. The second-order valence-corrected chi connectivity index (χ2v) is 6.40. The summed E-state index contributed by atoms with van der Waals surface area (Å²) in [6.45, 7) is 6.09. The number of hydrogen-bond acceptors (Lipinski definition) is 6. The number of ether oxygens (including phenoxy) is 1. The number of nitrogens with two attached hydrogens (primary N) is 1. The minimum atomic E-state index is 0. The van der Waals surface area contributed by atoms with Crippen molar-refractivity contribution in [2.45, 2.75) is 33.0 Å². The summed E-state index contributed by atoms with van der Waals surface area (Å²) < 4.78 is 10.4. The molecular formula is C21H27ClN4O2. The van der Waals surface area contributed by atoms with Crippen molar-refractivity contribution >= 4 is 12.4 Å². The lowest BCUT2D eigenvalue weighted by molar-refractivity contribution is 0.204. The van der Waals surface area contributed by atoms with Gasteiger partial charge in [-0.2, -0.15) is 4.98 Å². The Morgan fingerprint density at radius 3 is 2.50 bits per heavy atom.